The molecule has 13 heavy (non-hydrogen) atoms. The Kier molecular flexibility index (Phi) is 3.07. The molecule has 0 aromatic rings. The average Bonchev–Trinajstić information content (AvgIpc) is 2.55. The highest BCUT2D eigenvalue weighted by molar-refractivity contribution is 5.79. The molecule has 0 spiro atoms. The molecule has 0 bridgehead atoms. The maximum Gasteiger partial charge on any atom is 0.218 e. The van der Waals surface area contributed by atoms with Crippen LogP contribution in [0.1, 0.15) is 39.0 Å². The van der Waals surface area contributed by atoms with Crippen LogP contribution in [0.5, 0.6) is 0 Å². The molecule has 0 aromatic heterocycles. The Morgan fingerprint density at radius 1 is 1.54 bits per heavy atom. The van der Waals surface area contributed by atoms with Crippen molar-refractivity contribution in [2.75, 3.05) is 0 Å². The first kappa shape index (κ1) is 10.2. The van der Waals surface area contributed by atoms with Crippen LogP contribution in [0.25, 0.3) is 0 Å². The van der Waals surface area contributed by atoms with Crippen molar-refractivity contribution in [3.8, 4) is 0 Å². The molecule has 3 heteroatoms. The number of nitrogens with two attached hydrogens (primary N) is 1. The predicted octanol–water partition coefficient (Wildman–Crippen LogP) is 1.26. The van der Waals surface area contributed by atoms with Crippen LogP contribution < -0.4 is 5.73 Å². The number of rotatable bonds is 4. The van der Waals surface area contributed by atoms with Gasteiger partial charge in [0, 0.05) is 11.8 Å². The minimum atomic E-state index is -0.512. The number of carbonyl (C=O) groups excluding carboxylic acids is 2. The minimum absolute atomic E-state index is 0.196. The highest BCUT2D eigenvalue weighted by Gasteiger charge is 2.36. The summed E-state index contributed by atoms with van der Waals surface area (Å²) in [5.74, 6) is -0.0148. The van der Waals surface area contributed by atoms with Crippen LogP contribution in [0.3, 0.4) is 0 Å². The van der Waals surface area contributed by atoms with E-state index in [9.17, 15) is 9.59 Å². The summed E-state index contributed by atoms with van der Waals surface area (Å²) >= 11 is 0. The van der Waals surface area contributed by atoms with E-state index in [-0.39, 0.29) is 12.3 Å². The molecule has 0 aromatic carbocycles. The highest BCUT2D eigenvalue weighted by Crippen LogP contribution is 2.40. The van der Waals surface area contributed by atoms with Gasteiger partial charge in [0.05, 0.1) is 0 Å². The van der Waals surface area contributed by atoms with Gasteiger partial charge in [-0.25, -0.2) is 0 Å². The van der Waals surface area contributed by atoms with E-state index in [1.54, 1.807) is 0 Å². The predicted molar refractivity (Wildman–Crippen MR) is 49.9 cm³/mol. The summed E-state index contributed by atoms with van der Waals surface area (Å²) in [6, 6.07) is 0. The molecular formula is C10H17NO2. The first-order chi connectivity index (χ1) is 6.08. The fraction of sp³-hybridized carbons (Fsp3) is 0.800. The van der Waals surface area contributed by atoms with Crippen LogP contribution in [-0.4, -0.2) is 12.2 Å². The van der Waals surface area contributed by atoms with E-state index in [1.807, 2.05) is 6.92 Å². The van der Waals surface area contributed by atoms with Crippen molar-refractivity contribution >= 4 is 12.2 Å². The van der Waals surface area contributed by atoms with E-state index in [4.69, 9.17) is 5.73 Å². The van der Waals surface area contributed by atoms with Gasteiger partial charge in [-0.3, -0.25) is 4.79 Å². The van der Waals surface area contributed by atoms with Crippen LogP contribution in [-0.2, 0) is 9.59 Å². The highest BCUT2D eigenvalue weighted by atomic mass is 16.1. The zero-order chi connectivity index (χ0) is 9.90. The van der Waals surface area contributed by atoms with Crippen LogP contribution in [0.2, 0.25) is 0 Å². The van der Waals surface area contributed by atoms with Crippen molar-refractivity contribution in [2.45, 2.75) is 39.0 Å². The van der Waals surface area contributed by atoms with Gasteiger partial charge in [-0.1, -0.05) is 19.8 Å². The molecule has 1 atom stereocenters. The lowest BCUT2D eigenvalue weighted by Gasteiger charge is -2.28. The van der Waals surface area contributed by atoms with Gasteiger partial charge in [-0.15, -0.1) is 0 Å². The smallest absolute Gasteiger partial charge is 0.218 e. The lowest BCUT2D eigenvalue weighted by molar-refractivity contribution is -0.127. The maximum atomic E-state index is 10.9. The Hall–Kier alpha value is -0.860. The lowest BCUT2D eigenvalue weighted by atomic mass is 9.74. The molecule has 1 rings (SSSR count). The van der Waals surface area contributed by atoms with Crippen molar-refractivity contribution in [3.63, 3.8) is 0 Å². The van der Waals surface area contributed by atoms with Crippen molar-refractivity contribution < 1.29 is 9.59 Å². The standard InChI is InChI=1S/C10H17NO2/c1-10(7-12,6-9(11)13)8-4-2-3-5-8/h7-8H,2-6H2,1H3,(H2,11,13). The topological polar surface area (TPSA) is 60.2 Å². The summed E-state index contributed by atoms with van der Waals surface area (Å²) in [6.07, 6.45) is 5.57. The van der Waals surface area contributed by atoms with Gasteiger partial charge in [-0.05, 0) is 18.8 Å². The molecule has 0 aliphatic heterocycles. The van der Waals surface area contributed by atoms with E-state index in [0.29, 0.717) is 5.92 Å². The Morgan fingerprint density at radius 3 is 2.46 bits per heavy atom. The van der Waals surface area contributed by atoms with Crippen molar-refractivity contribution in [3.05, 3.63) is 0 Å². The SMILES string of the molecule is CC(C=O)(CC(N)=O)C1CCCC1. The number of aldehydes is 1. The average molecular weight is 183 g/mol. The van der Waals surface area contributed by atoms with E-state index in [1.165, 1.54) is 12.8 Å². The molecule has 0 saturated heterocycles. The number of carbonyl (C=O) groups is 2. The zero-order valence-corrected chi connectivity index (χ0v) is 8.08. The second-order valence-electron chi connectivity index (χ2n) is 4.25. The van der Waals surface area contributed by atoms with Gasteiger partial charge in [-0.2, -0.15) is 0 Å². The molecule has 1 saturated carbocycles. The van der Waals surface area contributed by atoms with Gasteiger partial charge in [0.2, 0.25) is 5.91 Å². The van der Waals surface area contributed by atoms with Crippen LogP contribution in [0, 0.1) is 11.3 Å². The molecule has 0 radical (unpaired) electrons. The molecule has 1 amide bonds. The molecule has 3 nitrogen and oxygen atoms in total. The largest absolute Gasteiger partial charge is 0.370 e. The molecule has 1 aliphatic carbocycles. The number of primary amides is 1. The summed E-state index contributed by atoms with van der Waals surface area (Å²) in [5, 5.41) is 0. The Morgan fingerprint density at radius 2 is 2.08 bits per heavy atom. The monoisotopic (exact) mass is 183 g/mol. The third-order valence-electron chi connectivity index (χ3n) is 3.11. The molecule has 74 valence electrons. The molecular weight excluding hydrogens is 166 g/mol. The van der Waals surface area contributed by atoms with Crippen LogP contribution in [0.4, 0.5) is 0 Å². The van der Waals surface area contributed by atoms with E-state index in [2.05, 4.69) is 0 Å². The third-order valence-corrected chi connectivity index (χ3v) is 3.11. The fourth-order valence-corrected chi connectivity index (χ4v) is 2.24. The lowest BCUT2D eigenvalue weighted by Crippen LogP contribution is -2.32. The molecule has 1 unspecified atom stereocenters. The Bertz CT molecular complexity index is 209. The first-order valence-electron chi connectivity index (χ1n) is 4.83. The zero-order valence-electron chi connectivity index (χ0n) is 8.08. The fourth-order valence-electron chi connectivity index (χ4n) is 2.24. The summed E-state index contributed by atoms with van der Waals surface area (Å²) in [6.45, 7) is 1.85. The summed E-state index contributed by atoms with van der Waals surface area (Å²) < 4.78 is 0. The molecule has 1 aliphatic rings. The summed E-state index contributed by atoms with van der Waals surface area (Å²) in [4.78, 5) is 21.7. The summed E-state index contributed by atoms with van der Waals surface area (Å²) in [5.41, 5.74) is 4.61. The molecule has 1 fully saturated rings. The van der Waals surface area contributed by atoms with Gasteiger partial charge < -0.3 is 10.5 Å². The number of hydrogen-bond donors (Lipinski definition) is 1. The minimum Gasteiger partial charge on any atom is -0.370 e. The number of amides is 1. The Labute approximate surface area is 78.7 Å². The van der Waals surface area contributed by atoms with E-state index >= 15 is 0 Å². The van der Waals surface area contributed by atoms with Crippen molar-refractivity contribution in [2.24, 2.45) is 17.1 Å². The first-order valence-corrected chi connectivity index (χ1v) is 4.83. The normalized spacial score (nSPS) is 22.5. The second kappa shape index (κ2) is 3.90. The summed E-state index contributed by atoms with van der Waals surface area (Å²) in [7, 11) is 0. The van der Waals surface area contributed by atoms with Crippen LogP contribution >= 0.6 is 0 Å². The third kappa shape index (κ3) is 2.29. The number of hydrogen-bond acceptors (Lipinski definition) is 2. The van der Waals surface area contributed by atoms with Crippen molar-refractivity contribution in [1.82, 2.24) is 0 Å². The van der Waals surface area contributed by atoms with E-state index < -0.39 is 5.41 Å². The van der Waals surface area contributed by atoms with Gasteiger partial charge in [0.1, 0.15) is 6.29 Å². The Balaban J connectivity index is 2.66. The van der Waals surface area contributed by atoms with E-state index in [0.717, 1.165) is 19.1 Å². The van der Waals surface area contributed by atoms with Crippen LogP contribution in [0.15, 0.2) is 0 Å². The maximum absolute atomic E-state index is 10.9. The van der Waals surface area contributed by atoms with Gasteiger partial charge in [0.15, 0.2) is 0 Å². The quantitative estimate of drug-likeness (QED) is 0.667. The van der Waals surface area contributed by atoms with Gasteiger partial charge in [0.25, 0.3) is 0 Å². The molecule has 0 heterocycles. The molecule has 2 N–H and O–H groups in total. The van der Waals surface area contributed by atoms with Crippen molar-refractivity contribution in [1.29, 1.82) is 0 Å². The van der Waals surface area contributed by atoms with Gasteiger partial charge >= 0.3 is 0 Å². The second-order valence-corrected chi connectivity index (χ2v) is 4.25.